The number of benzene rings is 2. The Morgan fingerprint density at radius 1 is 0.750 bits per heavy atom. The van der Waals surface area contributed by atoms with Crippen molar-refractivity contribution in [1.82, 2.24) is 15.0 Å². The van der Waals surface area contributed by atoms with Crippen LogP contribution < -0.4 is 0 Å². The first-order valence-corrected chi connectivity index (χ1v) is 8.61. The molecule has 24 heavy (non-hydrogen) atoms. The fourth-order valence-corrected chi connectivity index (χ4v) is 2.76. The van der Waals surface area contributed by atoms with Gasteiger partial charge in [-0.15, -0.1) is 10.2 Å². The van der Waals surface area contributed by atoms with E-state index in [9.17, 15) is 0 Å². The Kier molecular flexibility index (Phi) is 3.95. The van der Waals surface area contributed by atoms with Gasteiger partial charge in [0, 0.05) is 5.02 Å². The zero-order valence-corrected chi connectivity index (χ0v) is 15.9. The topological polar surface area (TPSA) is 30.7 Å². The first-order valence-electron chi connectivity index (χ1n) is 8.23. The maximum atomic E-state index is 6.07. The highest BCUT2D eigenvalue weighted by Gasteiger charge is 2.21. The lowest BCUT2D eigenvalue weighted by molar-refractivity contribution is 0.566. The molecule has 126 valence electrons. The molecular formula is C20H24ClN3. The van der Waals surface area contributed by atoms with Crippen molar-refractivity contribution in [3.8, 4) is 5.69 Å². The Hall–Kier alpha value is -1.87. The Balaban J connectivity index is 2.21. The van der Waals surface area contributed by atoms with Crippen LogP contribution in [-0.4, -0.2) is 15.0 Å². The van der Waals surface area contributed by atoms with Crippen LogP contribution in [0.4, 0.5) is 0 Å². The highest BCUT2D eigenvalue weighted by molar-refractivity contribution is 6.31. The molecule has 0 saturated carbocycles. The standard InChI is InChI=1S/C20H24ClN3/c1-19(2,3)13-9-14(20(4,5)6)11-16(10-13)24-22-17-8-7-15(21)12-18(17)23-24/h7-12H,1-6H3. The maximum Gasteiger partial charge on any atom is 0.115 e. The van der Waals surface area contributed by atoms with Gasteiger partial charge in [-0.25, -0.2) is 0 Å². The van der Waals surface area contributed by atoms with E-state index in [1.54, 1.807) is 4.80 Å². The van der Waals surface area contributed by atoms with E-state index in [-0.39, 0.29) is 10.8 Å². The summed E-state index contributed by atoms with van der Waals surface area (Å²) in [4.78, 5) is 1.71. The molecule has 0 fully saturated rings. The summed E-state index contributed by atoms with van der Waals surface area (Å²) in [6, 6.07) is 12.2. The number of hydrogen-bond acceptors (Lipinski definition) is 2. The fraction of sp³-hybridized carbons (Fsp3) is 0.400. The van der Waals surface area contributed by atoms with Gasteiger partial charge in [-0.1, -0.05) is 59.2 Å². The van der Waals surface area contributed by atoms with Gasteiger partial charge in [0.15, 0.2) is 0 Å². The molecule has 1 aromatic heterocycles. The van der Waals surface area contributed by atoms with Crippen molar-refractivity contribution in [1.29, 1.82) is 0 Å². The Bertz CT molecular complexity index is 863. The minimum absolute atomic E-state index is 0.0614. The first-order chi connectivity index (χ1) is 11.0. The molecular weight excluding hydrogens is 318 g/mol. The molecule has 0 unspecified atom stereocenters. The van der Waals surface area contributed by atoms with Crippen molar-refractivity contribution >= 4 is 22.6 Å². The van der Waals surface area contributed by atoms with Crippen molar-refractivity contribution in [3.63, 3.8) is 0 Å². The van der Waals surface area contributed by atoms with E-state index < -0.39 is 0 Å². The molecule has 0 N–H and O–H groups in total. The van der Waals surface area contributed by atoms with E-state index in [2.05, 4.69) is 69.9 Å². The average molecular weight is 342 g/mol. The zero-order valence-electron chi connectivity index (χ0n) is 15.2. The second kappa shape index (κ2) is 5.59. The lowest BCUT2D eigenvalue weighted by atomic mass is 9.80. The van der Waals surface area contributed by atoms with Crippen molar-refractivity contribution in [2.75, 3.05) is 0 Å². The van der Waals surface area contributed by atoms with Crippen LogP contribution in [0, 0.1) is 0 Å². The summed E-state index contributed by atoms with van der Waals surface area (Å²) in [5.41, 5.74) is 5.32. The van der Waals surface area contributed by atoms with Gasteiger partial charge < -0.3 is 0 Å². The Morgan fingerprint density at radius 2 is 1.29 bits per heavy atom. The van der Waals surface area contributed by atoms with E-state index in [1.165, 1.54) is 11.1 Å². The van der Waals surface area contributed by atoms with Crippen molar-refractivity contribution < 1.29 is 0 Å². The van der Waals surface area contributed by atoms with Crippen LogP contribution in [0.2, 0.25) is 5.02 Å². The van der Waals surface area contributed by atoms with Crippen LogP contribution in [0.5, 0.6) is 0 Å². The van der Waals surface area contributed by atoms with Crippen LogP contribution >= 0.6 is 11.6 Å². The SMILES string of the molecule is CC(C)(C)c1cc(-n2nc3ccc(Cl)cc3n2)cc(C(C)(C)C)c1. The quantitative estimate of drug-likeness (QED) is 0.571. The van der Waals surface area contributed by atoms with Crippen LogP contribution in [0.25, 0.3) is 16.7 Å². The number of nitrogens with zero attached hydrogens (tertiary/aromatic N) is 3. The van der Waals surface area contributed by atoms with Gasteiger partial charge in [0.1, 0.15) is 11.0 Å². The number of aromatic nitrogens is 3. The fourth-order valence-electron chi connectivity index (χ4n) is 2.60. The highest BCUT2D eigenvalue weighted by atomic mass is 35.5. The second-order valence-corrected chi connectivity index (χ2v) is 8.83. The van der Waals surface area contributed by atoms with E-state index in [0.717, 1.165) is 16.7 Å². The molecule has 3 rings (SSSR count). The van der Waals surface area contributed by atoms with Crippen LogP contribution in [0.3, 0.4) is 0 Å². The molecule has 0 spiro atoms. The summed E-state index contributed by atoms with van der Waals surface area (Å²) in [5, 5.41) is 9.90. The van der Waals surface area contributed by atoms with Gasteiger partial charge in [-0.2, -0.15) is 4.80 Å². The molecule has 0 bridgehead atoms. The van der Waals surface area contributed by atoms with Gasteiger partial charge in [0.25, 0.3) is 0 Å². The van der Waals surface area contributed by atoms with Crippen molar-refractivity contribution in [3.05, 3.63) is 52.5 Å². The van der Waals surface area contributed by atoms with E-state index >= 15 is 0 Å². The third kappa shape index (κ3) is 3.32. The molecule has 0 saturated heterocycles. The lowest BCUT2D eigenvalue weighted by Gasteiger charge is -2.25. The molecule has 2 aromatic carbocycles. The van der Waals surface area contributed by atoms with Crippen LogP contribution in [0.1, 0.15) is 52.7 Å². The molecule has 0 aliphatic heterocycles. The van der Waals surface area contributed by atoms with Crippen LogP contribution in [0.15, 0.2) is 36.4 Å². The van der Waals surface area contributed by atoms with Crippen molar-refractivity contribution in [2.45, 2.75) is 52.4 Å². The van der Waals surface area contributed by atoms with Crippen LogP contribution in [-0.2, 0) is 10.8 Å². The monoisotopic (exact) mass is 341 g/mol. The normalized spacial score (nSPS) is 12.8. The molecule has 0 radical (unpaired) electrons. The van der Waals surface area contributed by atoms with E-state index in [0.29, 0.717) is 5.02 Å². The average Bonchev–Trinajstić information content (AvgIpc) is 2.88. The first kappa shape index (κ1) is 17.0. The molecule has 4 heteroatoms. The van der Waals surface area contributed by atoms with Gasteiger partial charge >= 0.3 is 0 Å². The third-order valence-electron chi connectivity index (χ3n) is 4.22. The third-order valence-corrected chi connectivity index (χ3v) is 4.46. The molecule has 3 nitrogen and oxygen atoms in total. The molecule has 0 amide bonds. The summed E-state index contributed by atoms with van der Waals surface area (Å²) in [5.74, 6) is 0. The summed E-state index contributed by atoms with van der Waals surface area (Å²) in [6.45, 7) is 13.4. The predicted octanol–water partition coefficient (Wildman–Crippen LogP) is 5.67. The maximum absolute atomic E-state index is 6.07. The summed E-state index contributed by atoms with van der Waals surface area (Å²) >= 11 is 6.07. The van der Waals surface area contributed by atoms with E-state index in [4.69, 9.17) is 11.6 Å². The second-order valence-electron chi connectivity index (χ2n) is 8.39. The predicted molar refractivity (Wildman–Crippen MR) is 101 cm³/mol. The largest absolute Gasteiger partial charge is 0.150 e. The number of rotatable bonds is 1. The van der Waals surface area contributed by atoms with E-state index in [1.807, 2.05) is 18.2 Å². The smallest absolute Gasteiger partial charge is 0.115 e. The molecule has 1 heterocycles. The van der Waals surface area contributed by atoms with Gasteiger partial charge in [0.2, 0.25) is 0 Å². The van der Waals surface area contributed by atoms with Gasteiger partial charge in [-0.05, 0) is 52.3 Å². The molecule has 3 aromatic rings. The van der Waals surface area contributed by atoms with Gasteiger partial charge in [-0.3, -0.25) is 0 Å². The molecule has 0 aliphatic carbocycles. The summed E-state index contributed by atoms with van der Waals surface area (Å²) < 4.78 is 0. The Labute approximate surface area is 148 Å². The van der Waals surface area contributed by atoms with Crippen molar-refractivity contribution in [2.24, 2.45) is 0 Å². The molecule has 0 aliphatic rings. The number of fused-ring (bicyclic) bond motifs is 1. The minimum atomic E-state index is 0.0614. The Morgan fingerprint density at radius 3 is 1.83 bits per heavy atom. The lowest BCUT2D eigenvalue weighted by Crippen LogP contribution is -2.17. The highest BCUT2D eigenvalue weighted by Crippen LogP contribution is 2.31. The summed E-state index contributed by atoms with van der Waals surface area (Å²) in [7, 11) is 0. The zero-order chi connectivity index (χ0) is 17.7. The summed E-state index contributed by atoms with van der Waals surface area (Å²) in [6.07, 6.45) is 0. The molecule has 0 atom stereocenters. The minimum Gasteiger partial charge on any atom is -0.150 e. The number of hydrogen-bond donors (Lipinski definition) is 0. The number of halogens is 1. The van der Waals surface area contributed by atoms with Gasteiger partial charge in [0.05, 0.1) is 5.69 Å².